The molecule has 14 heteroatoms. The quantitative estimate of drug-likeness (QED) is 0.228. The topological polar surface area (TPSA) is 186 Å². The van der Waals surface area contributed by atoms with Crippen LogP contribution in [0.5, 0.6) is 0 Å². The third kappa shape index (κ3) is 8.31. The molecule has 0 spiro atoms. The normalized spacial score (nSPS) is 48.8. The Labute approximate surface area is 303 Å². The summed E-state index contributed by atoms with van der Waals surface area (Å²) in [5, 5.41) is 56.1. The Morgan fingerprint density at radius 1 is 0.980 bits per heavy atom. The minimum Gasteiger partial charge on any atom is -0.489 e. The van der Waals surface area contributed by atoms with Crippen LogP contribution in [0.3, 0.4) is 0 Å². The van der Waals surface area contributed by atoms with E-state index in [1.54, 1.807) is 27.7 Å². The number of rotatable bonds is 8. The van der Waals surface area contributed by atoms with Crippen molar-refractivity contribution in [3.63, 3.8) is 0 Å². The average molecular weight is 732 g/mol. The highest BCUT2D eigenvalue weighted by molar-refractivity contribution is 5.73. The first-order chi connectivity index (χ1) is 23.6. The molecule has 0 radical (unpaired) electrons. The number of fused-ring (bicyclic) bond motifs is 2. The summed E-state index contributed by atoms with van der Waals surface area (Å²) in [4.78, 5) is 16.1. The van der Waals surface area contributed by atoms with Gasteiger partial charge in [-0.2, -0.15) is 0 Å². The number of aliphatic hydroxyl groups is 5. The van der Waals surface area contributed by atoms with Crippen LogP contribution in [0.1, 0.15) is 88.5 Å². The number of likely N-dealkylation sites (N-methyl/N-ethyl adjacent to an activating group) is 1. The smallest absolute Gasteiger partial charge is 0.311 e. The molecule has 3 saturated heterocycles. The summed E-state index contributed by atoms with van der Waals surface area (Å²) in [5.74, 6) is -2.84. The van der Waals surface area contributed by atoms with Gasteiger partial charge in [-0.3, -0.25) is 4.79 Å². The van der Waals surface area contributed by atoms with Crippen molar-refractivity contribution in [2.45, 2.75) is 173 Å². The van der Waals surface area contributed by atoms with Gasteiger partial charge in [0, 0.05) is 37.8 Å². The summed E-state index contributed by atoms with van der Waals surface area (Å²) >= 11 is 0. The molecular weight excluding hydrogens is 666 g/mol. The zero-order chi connectivity index (χ0) is 38.4. The number of ether oxygens (including phenoxy) is 7. The Kier molecular flexibility index (Phi) is 13.4. The molecule has 14 nitrogen and oxygen atoms in total. The second-order valence-electron chi connectivity index (χ2n) is 16.2. The SMILES string of the molecule is CCN(C)[C@H]1C[C@@H](C)O[C@@H](OC2C(C)C(O[C@@H]3C[C@@](C)(OC)[C@@H](O)[C@H](C)O3)C(C)C(=O)O[C@H](CO)[C@@](C)(O)[C@H](O)[C@@H](C)C3=C(C)C[C@@]2(C)O3)[C@@H]1O. The van der Waals surface area contributed by atoms with Crippen molar-refractivity contribution in [2.75, 3.05) is 27.3 Å². The van der Waals surface area contributed by atoms with E-state index >= 15 is 0 Å². The van der Waals surface area contributed by atoms with Gasteiger partial charge in [0.15, 0.2) is 18.7 Å². The van der Waals surface area contributed by atoms with Crippen LogP contribution in [-0.4, -0.2) is 148 Å². The van der Waals surface area contributed by atoms with Crippen LogP contribution in [-0.2, 0) is 38.0 Å². The van der Waals surface area contributed by atoms with E-state index in [2.05, 4.69) is 4.90 Å². The molecule has 0 amide bonds. The van der Waals surface area contributed by atoms with Crippen LogP contribution in [0.25, 0.3) is 0 Å². The van der Waals surface area contributed by atoms with E-state index in [1.807, 2.05) is 41.7 Å². The molecule has 5 N–H and O–H groups in total. The lowest BCUT2D eigenvalue weighted by molar-refractivity contribution is -0.317. The highest BCUT2D eigenvalue weighted by atomic mass is 16.7. The number of carbonyl (C=O) groups is 1. The maximum Gasteiger partial charge on any atom is 0.311 e. The Bertz CT molecular complexity index is 1230. The molecule has 0 saturated carbocycles. The van der Waals surface area contributed by atoms with Crippen molar-refractivity contribution in [3.05, 3.63) is 11.3 Å². The predicted octanol–water partition coefficient (Wildman–Crippen LogP) is 1.86. The first-order valence-electron chi connectivity index (χ1n) is 18.5. The van der Waals surface area contributed by atoms with Crippen molar-refractivity contribution in [3.8, 4) is 0 Å². The second-order valence-corrected chi connectivity index (χ2v) is 16.2. The van der Waals surface area contributed by atoms with Crippen LogP contribution < -0.4 is 0 Å². The average Bonchev–Trinajstić information content (AvgIpc) is 3.40. The van der Waals surface area contributed by atoms with Gasteiger partial charge in [-0.05, 0) is 74.1 Å². The number of methoxy groups -OCH3 is 1. The molecule has 51 heavy (non-hydrogen) atoms. The number of hydrogen-bond donors (Lipinski definition) is 5. The van der Waals surface area contributed by atoms with Crippen LogP contribution in [0.4, 0.5) is 0 Å². The van der Waals surface area contributed by atoms with Crippen LogP contribution >= 0.6 is 0 Å². The summed E-state index contributed by atoms with van der Waals surface area (Å²) in [6.45, 7) is 17.7. The maximum atomic E-state index is 14.0. The van der Waals surface area contributed by atoms with Gasteiger partial charge < -0.3 is 63.6 Å². The first-order valence-corrected chi connectivity index (χ1v) is 18.5. The largest absolute Gasteiger partial charge is 0.489 e. The van der Waals surface area contributed by atoms with Gasteiger partial charge in [0.1, 0.15) is 35.3 Å². The molecule has 0 aromatic heterocycles. The monoisotopic (exact) mass is 731 g/mol. The molecule has 0 aromatic rings. The van der Waals surface area contributed by atoms with Crippen LogP contribution in [0, 0.1) is 17.8 Å². The summed E-state index contributed by atoms with van der Waals surface area (Å²) in [6, 6.07) is -0.245. The molecule has 17 atom stereocenters. The second kappa shape index (κ2) is 16.1. The lowest BCUT2D eigenvalue weighted by atomic mass is 9.79. The Morgan fingerprint density at radius 3 is 2.22 bits per heavy atom. The van der Waals surface area contributed by atoms with Crippen molar-refractivity contribution in [1.29, 1.82) is 0 Å². The third-order valence-corrected chi connectivity index (χ3v) is 12.1. The zero-order valence-corrected chi connectivity index (χ0v) is 32.6. The van der Waals surface area contributed by atoms with Crippen molar-refractivity contribution in [2.24, 2.45) is 17.8 Å². The first kappa shape index (κ1) is 42.3. The molecule has 296 valence electrons. The molecule has 4 unspecified atom stereocenters. The van der Waals surface area contributed by atoms with Crippen molar-refractivity contribution < 1.29 is 63.5 Å². The van der Waals surface area contributed by atoms with Gasteiger partial charge in [-0.1, -0.05) is 20.8 Å². The van der Waals surface area contributed by atoms with Crippen molar-refractivity contribution in [1.82, 2.24) is 4.90 Å². The van der Waals surface area contributed by atoms with Gasteiger partial charge in [0.2, 0.25) is 0 Å². The molecule has 4 rings (SSSR count). The van der Waals surface area contributed by atoms with E-state index in [1.165, 1.54) is 14.0 Å². The van der Waals surface area contributed by atoms with Gasteiger partial charge in [0.25, 0.3) is 0 Å². The molecule has 4 aliphatic rings. The zero-order valence-electron chi connectivity index (χ0n) is 32.6. The summed E-state index contributed by atoms with van der Waals surface area (Å²) < 4.78 is 44.3. The van der Waals surface area contributed by atoms with Gasteiger partial charge in [0.05, 0.1) is 42.5 Å². The lowest BCUT2D eigenvalue weighted by Gasteiger charge is -2.48. The molecular formula is C37H65NO13. The van der Waals surface area contributed by atoms with E-state index in [0.717, 1.165) is 5.57 Å². The number of hydrogen-bond acceptors (Lipinski definition) is 14. The van der Waals surface area contributed by atoms with Gasteiger partial charge in [-0.25, -0.2) is 0 Å². The minimum absolute atomic E-state index is 0.134. The molecule has 4 aliphatic heterocycles. The standard InChI is InChI=1S/C37H65NO13/c1-13-38(11)24-14-19(3)46-34(27(24)40)50-32-21(5)29(49-26-16-35(8,45-12)31(42)23(7)47-26)22(6)33(43)48-25(17-39)37(10,44)30(41)20(4)28-18(2)15-36(32,9)51-28/h19-27,29-32,34,39-42,44H,13-17H2,1-12H3/t19-,20+,21?,22?,23+,24+,25-,26-,27-,29?,30-,31+,32?,34+,35-,36-,37-/m1/s1. The summed E-state index contributed by atoms with van der Waals surface area (Å²) in [6.07, 6.45) is -8.66. The highest BCUT2D eigenvalue weighted by Gasteiger charge is 2.56. The molecule has 3 fully saturated rings. The van der Waals surface area contributed by atoms with Crippen LogP contribution in [0.2, 0.25) is 0 Å². The highest BCUT2D eigenvalue weighted by Crippen LogP contribution is 2.47. The van der Waals surface area contributed by atoms with E-state index in [9.17, 15) is 30.3 Å². The molecule has 0 aromatic carbocycles. The minimum atomic E-state index is -2.07. The summed E-state index contributed by atoms with van der Waals surface area (Å²) in [5.41, 5.74) is -3.39. The maximum absolute atomic E-state index is 14.0. The molecule has 2 bridgehead atoms. The number of aliphatic hydroxyl groups excluding tert-OH is 4. The van der Waals surface area contributed by atoms with E-state index in [0.29, 0.717) is 25.1 Å². The fourth-order valence-electron chi connectivity index (χ4n) is 8.61. The van der Waals surface area contributed by atoms with E-state index in [-0.39, 0.29) is 18.6 Å². The predicted molar refractivity (Wildman–Crippen MR) is 185 cm³/mol. The number of nitrogens with zero attached hydrogens (tertiary/aromatic N) is 1. The fraction of sp³-hybridized carbons (Fsp3) is 0.919. The summed E-state index contributed by atoms with van der Waals surface area (Å²) in [7, 11) is 3.45. The fourth-order valence-corrected chi connectivity index (χ4v) is 8.61. The van der Waals surface area contributed by atoms with Gasteiger partial charge in [-0.15, -0.1) is 0 Å². The molecule has 0 aliphatic carbocycles. The van der Waals surface area contributed by atoms with E-state index in [4.69, 9.17) is 33.2 Å². The third-order valence-electron chi connectivity index (χ3n) is 12.1. The van der Waals surface area contributed by atoms with Crippen molar-refractivity contribution >= 4 is 5.97 Å². The number of cyclic esters (lactones) is 1. The van der Waals surface area contributed by atoms with Crippen LogP contribution in [0.15, 0.2) is 11.3 Å². The Hall–Kier alpha value is -1.43. The Morgan fingerprint density at radius 2 is 1.63 bits per heavy atom. The Balaban J connectivity index is 1.84. The molecule has 4 heterocycles. The number of carbonyl (C=O) groups excluding carboxylic acids is 1. The van der Waals surface area contributed by atoms with E-state index < -0.39 is 102 Å². The number of esters is 1. The lowest BCUT2D eigenvalue weighted by Crippen LogP contribution is -2.60. The van der Waals surface area contributed by atoms with Gasteiger partial charge >= 0.3 is 5.97 Å².